The Hall–Kier alpha value is -1.66. The summed E-state index contributed by atoms with van der Waals surface area (Å²) < 4.78 is 29.5. The van der Waals surface area contributed by atoms with Gasteiger partial charge in [0.1, 0.15) is 5.75 Å². The molecule has 0 N–H and O–H groups in total. The van der Waals surface area contributed by atoms with E-state index in [2.05, 4.69) is 0 Å². The minimum absolute atomic E-state index is 0.0527. The monoisotopic (exact) mass is 310 g/mol. The maximum Gasteiger partial charge on any atom is 0.183 e. The van der Waals surface area contributed by atoms with Crippen LogP contribution in [0.3, 0.4) is 0 Å². The van der Waals surface area contributed by atoms with Gasteiger partial charge in [0.25, 0.3) is 0 Å². The number of ketones is 1. The van der Waals surface area contributed by atoms with E-state index in [1.807, 2.05) is 0 Å². The SMILES string of the molecule is COc1ccc(S(=O)(=O)Cc2ccc(C(C)=O)s2)cc1. The fourth-order valence-electron chi connectivity index (χ4n) is 1.70. The highest BCUT2D eigenvalue weighted by Crippen LogP contribution is 2.24. The number of Topliss-reactive ketones (excluding diaryl/α,β-unsaturated/α-hetero) is 1. The molecule has 0 radical (unpaired) electrons. The lowest BCUT2D eigenvalue weighted by Gasteiger charge is -2.04. The molecule has 0 spiro atoms. The topological polar surface area (TPSA) is 60.4 Å². The Morgan fingerprint density at radius 1 is 1.15 bits per heavy atom. The first-order valence-electron chi connectivity index (χ1n) is 5.89. The number of carbonyl (C=O) groups is 1. The molecule has 2 aromatic rings. The molecule has 1 aromatic carbocycles. The van der Waals surface area contributed by atoms with E-state index < -0.39 is 9.84 Å². The second kappa shape index (κ2) is 5.76. The van der Waals surface area contributed by atoms with Gasteiger partial charge in [-0.25, -0.2) is 8.42 Å². The van der Waals surface area contributed by atoms with Crippen molar-refractivity contribution in [2.45, 2.75) is 17.6 Å². The van der Waals surface area contributed by atoms with E-state index in [4.69, 9.17) is 4.74 Å². The van der Waals surface area contributed by atoms with Crippen LogP contribution in [0.4, 0.5) is 0 Å². The van der Waals surface area contributed by atoms with Crippen LogP contribution in [0, 0.1) is 0 Å². The summed E-state index contributed by atoms with van der Waals surface area (Å²) in [6, 6.07) is 9.61. The molecule has 1 aromatic heterocycles. The maximum atomic E-state index is 12.3. The zero-order valence-electron chi connectivity index (χ0n) is 11.1. The van der Waals surface area contributed by atoms with Crippen molar-refractivity contribution in [1.82, 2.24) is 0 Å². The van der Waals surface area contributed by atoms with E-state index >= 15 is 0 Å². The van der Waals surface area contributed by atoms with Crippen molar-refractivity contribution >= 4 is 27.0 Å². The summed E-state index contributed by atoms with van der Waals surface area (Å²) in [5, 5.41) is 0. The van der Waals surface area contributed by atoms with Crippen LogP contribution >= 0.6 is 11.3 Å². The zero-order chi connectivity index (χ0) is 14.8. The highest BCUT2D eigenvalue weighted by molar-refractivity contribution is 7.90. The Kier molecular flexibility index (Phi) is 4.25. The van der Waals surface area contributed by atoms with Gasteiger partial charge in [-0.15, -0.1) is 11.3 Å². The lowest BCUT2D eigenvalue weighted by molar-refractivity contribution is 0.102. The van der Waals surface area contributed by atoms with Gasteiger partial charge >= 0.3 is 0 Å². The molecule has 4 nitrogen and oxygen atoms in total. The molecule has 106 valence electrons. The molecule has 0 aliphatic heterocycles. The highest BCUT2D eigenvalue weighted by Gasteiger charge is 2.17. The normalized spacial score (nSPS) is 11.3. The fraction of sp³-hybridized carbons (Fsp3) is 0.214. The van der Waals surface area contributed by atoms with Gasteiger partial charge in [-0.3, -0.25) is 4.79 Å². The lowest BCUT2D eigenvalue weighted by atomic mass is 10.3. The number of rotatable bonds is 5. The first-order chi connectivity index (χ1) is 9.42. The molecule has 0 saturated carbocycles. The predicted octanol–water partition coefficient (Wildman–Crippen LogP) is 2.93. The summed E-state index contributed by atoms with van der Waals surface area (Å²) in [5.41, 5.74) is 0. The van der Waals surface area contributed by atoms with Crippen molar-refractivity contribution in [3.63, 3.8) is 0 Å². The Morgan fingerprint density at radius 2 is 1.80 bits per heavy atom. The molecule has 6 heteroatoms. The second-order valence-electron chi connectivity index (χ2n) is 4.26. The first kappa shape index (κ1) is 14.7. The minimum Gasteiger partial charge on any atom is -0.497 e. The third-order valence-electron chi connectivity index (χ3n) is 2.76. The standard InChI is InChI=1S/C14H14O4S2/c1-10(15)14-8-5-12(19-14)9-20(16,17)13-6-3-11(18-2)4-7-13/h3-8H,9H2,1-2H3. The average Bonchev–Trinajstić information content (AvgIpc) is 2.87. The van der Waals surface area contributed by atoms with Crippen LogP contribution in [0.1, 0.15) is 21.5 Å². The van der Waals surface area contributed by atoms with Crippen molar-refractivity contribution in [3.05, 3.63) is 46.2 Å². The summed E-state index contributed by atoms with van der Waals surface area (Å²) in [5.74, 6) is 0.458. The number of methoxy groups -OCH3 is 1. The first-order valence-corrected chi connectivity index (χ1v) is 8.36. The Labute approximate surface area is 121 Å². The average molecular weight is 310 g/mol. The van der Waals surface area contributed by atoms with E-state index in [0.29, 0.717) is 15.5 Å². The van der Waals surface area contributed by atoms with Crippen LogP contribution in [0.15, 0.2) is 41.3 Å². The number of ether oxygens (including phenoxy) is 1. The molecule has 0 bridgehead atoms. The van der Waals surface area contributed by atoms with Gasteiger partial charge in [0.15, 0.2) is 15.6 Å². The molecular formula is C14H14O4S2. The van der Waals surface area contributed by atoms with E-state index in [1.165, 1.54) is 37.5 Å². The largest absolute Gasteiger partial charge is 0.497 e. The third kappa shape index (κ3) is 3.26. The van der Waals surface area contributed by atoms with Crippen molar-refractivity contribution in [3.8, 4) is 5.75 Å². The molecule has 1 heterocycles. The van der Waals surface area contributed by atoms with Crippen LogP contribution in [-0.2, 0) is 15.6 Å². The molecule has 0 fully saturated rings. The van der Waals surface area contributed by atoms with Gasteiger partial charge in [0, 0.05) is 4.88 Å². The third-order valence-corrected chi connectivity index (χ3v) is 5.81. The summed E-state index contributed by atoms with van der Waals surface area (Å²) >= 11 is 1.22. The number of sulfone groups is 1. The molecule has 0 unspecified atom stereocenters. The maximum absolute atomic E-state index is 12.3. The van der Waals surface area contributed by atoms with E-state index in [-0.39, 0.29) is 16.4 Å². The smallest absolute Gasteiger partial charge is 0.183 e. The van der Waals surface area contributed by atoms with Crippen molar-refractivity contribution < 1.29 is 17.9 Å². The van der Waals surface area contributed by atoms with Gasteiger partial charge in [-0.1, -0.05) is 0 Å². The molecular weight excluding hydrogens is 296 g/mol. The van der Waals surface area contributed by atoms with Crippen LogP contribution in [0.25, 0.3) is 0 Å². The predicted molar refractivity (Wildman–Crippen MR) is 78.2 cm³/mol. The van der Waals surface area contributed by atoms with Gasteiger partial charge in [0.05, 0.1) is 22.6 Å². The summed E-state index contributed by atoms with van der Waals surface area (Å²) in [4.78, 5) is 12.7. The fourth-order valence-corrected chi connectivity index (χ4v) is 4.29. The van der Waals surface area contributed by atoms with Crippen LogP contribution < -0.4 is 4.74 Å². The van der Waals surface area contributed by atoms with E-state index in [1.54, 1.807) is 24.3 Å². The number of carbonyl (C=O) groups excluding carboxylic acids is 1. The highest BCUT2D eigenvalue weighted by atomic mass is 32.2. The number of thiophene rings is 1. The molecule has 0 atom stereocenters. The molecule has 2 rings (SSSR count). The van der Waals surface area contributed by atoms with E-state index in [0.717, 1.165) is 0 Å². The minimum atomic E-state index is -3.41. The zero-order valence-corrected chi connectivity index (χ0v) is 12.8. The Bertz CT molecular complexity index is 712. The summed E-state index contributed by atoms with van der Waals surface area (Å²) in [6.07, 6.45) is 0. The number of benzene rings is 1. The summed E-state index contributed by atoms with van der Waals surface area (Å²) in [6.45, 7) is 1.47. The molecule has 0 saturated heterocycles. The molecule has 0 amide bonds. The Morgan fingerprint density at radius 3 is 2.30 bits per heavy atom. The van der Waals surface area contributed by atoms with Crippen molar-refractivity contribution in [2.75, 3.05) is 7.11 Å². The summed E-state index contributed by atoms with van der Waals surface area (Å²) in [7, 11) is -1.88. The molecule has 0 aliphatic carbocycles. The van der Waals surface area contributed by atoms with Crippen molar-refractivity contribution in [1.29, 1.82) is 0 Å². The van der Waals surface area contributed by atoms with Crippen LogP contribution in [0.5, 0.6) is 5.75 Å². The Balaban J connectivity index is 2.23. The molecule has 20 heavy (non-hydrogen) atoms. The van der Waals surface area contributed by atoms with E-state index in [9.17, 15) is 13.2 Å². The number of hydrogen-bond acceptors (Lipinski definition) is 5. The number of hydrogen-bond donors (Lipinski definition) is 0. The van der Waals surface area contributed by atoms with Crippen molar-refractivity contribution in [2.24, 2.45) is 0 Å². The molecule has 0 aliphatic rings. The lowest BCUT2D eigenvalue weighted by Crippen LogP contribution is -2.03. The van der Waals surface area contributed by atoms with Gasteiger partial charge in [0.2, 0.25) is 0 Å². The quantitative estimate of drug-likeness (QED) is 0.797. The van der Waals surface area contributed by atoms with Crippen LogP contribution in [-0.4, -0.2) is 21.3 Å². The second-order valence-corrected chi connectivity index (χ2v) is 7.41. The van der Waals surface area contributed by atoms with Gasteiger partial charge < -0.3 is 4.74 Å². The van der Waals surface area contributed by atoms with Gasteiger partial charge in [-0.05, 0) is 43.3 Å². The van der Waals surface area contributed by atoms with Gasteiger partial charge in [-0.2, -0.15) is 0 Å². The van der Waals surface area contributed by atoms with Crippen LogP contribution in [0.2, 0.25) is 0 Å².